The van der Waals surface area contributed by atoms with Gasteiger partial charge in [0, 0.05) is 18.8 Å². The standard InChI is InChI=1S/C26H24Cl2F6N4O4/c27-14-11-35-12-15(28)18(14)16(39)9-17(24(7-8-24)26(32,33)34)37-20(40)13-10-36-38(19(13)25(29,30)31)23-4-1-22(2-5-23,3-6-23)21(41)42/h10-12,17H,1-9H2,(H,37,40)(H,41,42). The number of rotatable bonds is 8. The molecule has 0 aromatic carbocycles. The molecule has 4 aliphatic rings. The molecule has 0 aliphatic heterocycles. The highest BCUT2D eigenvalue weighted by Crippen LogP contribution is 2.61. The lowest BCUT2D eigenvalue weighted by Crippen LogP contribution is -2.52. The molecular weight excluding hydrogens is 617 g/mol. The van der Waals surface area contributed by atoms with Crippen LogP contribution in [0.3, 0.4) is 0 Å². The first-order valence-corrected chi connectivity index (χ1v) is 13.8. The number of nitrogens with zero attached hydrogens (tertiary/aromatic N) is 3. The van der Waals surface area contributed by atoms with Crippen molar-refractivity contribution in [3.05, 3.63) is 45.5 Å². The van der Waals surface area contributed by atoms with Crippen LogP contribution in [0.1, 0.15) is 84.2 Å². The predicted octanol–water partition coefficient (Wildman–Crippen LogP) is 6.45. The van der Waals surface area contributed by atoms with E-state index in [9.17, 15) is 45.8 Å². The summed E-state index contributed by atoms with van der Waals surface area (Å²) in [5, 5.41) is 15.1. The molecule has 1 atom stereocenters. The summed E-state index contributed by atoms with van der Waals surface area (Å²) in [6, 6.07) is -1.93. The number of halogens is 8. The minimum Gasteiger partial charge on any atom is -0.481 e. The van der Waals surface area contributed by atoms with Gasteiger partial charge < -0.3 is 10.4 Å². The average molecular weight is 641 g/mol. The molecule has 2 aromatic heterocycles. The molecule has 2 N–H and O–H groups in total. The van der Waals surface area contributed by atoms with Gasteiger partial charge in [-0.3, -0.25) is 24.0 Å². The smallest absolute Gasteiger partial charge is 0.433 e. The second-order valence-corrected chi connectivity index (χ2v) is 12.2. The number of carboxylic acids is 1. The fourth-order valence-electron chi connectivity index (χ4n) is 6.50. The number of ketones is 1. The first kappa shape index (κ1) is 30.6. The molecule has 2 bridgehead atoms. The number of hydrogen-bond donors (Lipinski definition) is 2. The summed E-state index contributed by atoms with van der Waals surface area (Å²) in [4.78, 5) is 41.9. The highest BCUT2D eigenvalue weighted by molar-refractivity contribution is 6.39. The minimum absolute atomic E-state index is 0.0763. The number of amides is 1. The molecular formula is C26H24Cl2F6N4O4. The average Bonchev–Trinajstić information content (AvgIpc) is 3.60. The number of Topliss-reactive ketones (excluding diaryl/α,β-unsaturated/α-hetero) is 1. The summed E-state index contributed by atoms with van der Waals surface area (Å²) in [6.07, 6.45) is -8.47. The molecule has 4 aliphatic carbocycles. The van der Waals surface area contributed by atoms with Crippen molar-refractivity contribution in [1.82, 2.24) is 20.1 Å². The van der Waals surface area contributed by atoms with Gasteiger partial charge in [0.2, 0.25) is 0 Å². The number of carbonyl (C=O) groups excluding carboxylic acids is 2. The van der Waals surface area contributed by atoms with Crippen molar-refractivity contribution < 1.29 is 45.8 Å². The van der Waals surface area contributed by atoms with Gasteiger partial charge in [0.1, 0.15) is 0 Å². The van der Waals surface area contributed by atoms with Crippen molar-refractivity contribution >= 4 is 40.9 Å². The number of fused-ring (bicyclic) bond motifs is 3. The Hall–Kier alpha value is -2.87. The number of nitrogens with one attached hydrogen (secondary N) is 1. The van der Waals surface area contributed by atoms with Crippen LogP contribution in [-0.4, -0.2) is 49.7 Å². The summed E-state index contributed by atoms with van der Waals surface area (Å²) in [5.74, 6) is -3.44. The Morgan fingerprint density at radius 2 is 1.48 bits per heavy atom. The molecule has 2 aromatic rings. The highest BCUT2D eigenvalue weighted by atomic mass is 35.5. The van der Waals surface area contributed by atoms with Gasteiger partial charge in [0.05, 0.1) is 49.8 Å². The summed E-state index contributed by atoms with van der Waals surface area (Å²) in [6.45, 7) is 0. The van der Waals surface area contributed by atoms with E-state index in [0.29, 0.717) is 10.9 Å². The van der Waals surface area contributed by atoms with Crippen LogP contribution < -0.4 is 5.32 Å². The molecule has 0 radical (unpaired) electrons. The zero-order valence-electron chi connectivity index (χ0n) is 21.7. The molecule has 16 heteroatoms. The van der Waals surface area contributed by atoms with Gasteiger partial charge in [-0.2, -0.15) is 31.4 Å². The van der Waals surface area contributed by atoms with Crippen LogP contribution in [0.5, 0.6) is 0 Å². The van der Waals surface area contributed by atoms with Crippen LogP contribution in [0, 0.1) is 10.8 Å². The Morgan fingerprint density at radius 1 is 0.929 bits per heavy atom. The van der Waals surface area contributed by atoms with E-state index in [2.05, 4.69) is 15.4 Å². The molecule has 4 fully saturated rings. The Kier molecular flexibility index (Phi) is 7.36. The molecule has 6 rings (SSSR count). The first-order chi connectivity index (χ1) is 19.5. The van der Waals surface area contributed by atoms with Crippen LogP contribution in [0.25, 0.3) is 0 Å². The number of aromatic nitrogens is 3. The number of carbonyl (C=O) groups is 3. The molecule has 1 unspecified atom stereocenters. The molecule has 4 saturated carbocycles. The fraction of sp³-hybridized carbons (Fsp3) is 0.577. The van der Waals surface area contributed by atoms with E-state index < -0.39 is 82.9 Å². The SMILES string of the molecule is O=C(NC(CC(=O)c1c(Cl)cncc1Cl)C1(C(F)(F)F)CC1)c1cnn(C23CCC(C(=O)O)(CC2)CC3)c1C(F)(F)F. The lowest BCUT2D eigenvalue weighted by Gasteiger charge is -2.51. The molecule has 0 saturated heterocycles. The van der Waals surface area contributed by atoms with Gasteiger partial charge in [0.25, 0.3) is 5.91 Å². The van der Waals surface area contributed by atoms with Crippen molar-refractivity contribution in [3.8, 4) is 0 Å². The number of hydrogen-bond acceptors (Lipinski definition) is 5. The quantitative estimate of drug-likeness (QED) is 0.253. The van der Waals surface area contributed by atoms with Crippen molar-refractivity contribution in [2.45, 2.75) is 81.7 Å². The van der Waals surface area contributed by atoms with E-state index in [-0.39, 0.29) is 54.1 Å². The predicted molar refractivity (Wildman–Crippen MR) is 135 cm³/mol. The van der Waals surface area contributed by atoms with E-state index >= 15 is 0 Å². The van der Waals surface area contributed by atoms with Gasteiger partial charge in [-0.25, -0.2) is 0 Å². The second kappa shape index (κ2) is 10.1. The fourth-order valence-corrected chi connectivity index (χ4v) is 7.08. The number of pyridine rings is 1. The van der Waals surface area contributed by atoms with Crippen molar-refractivity contribution in [1.29, 1.82) is 0 Å². The van der Waals surface area contributed by atoms with E-state index in [1.165, 1.54) is 0 Å². The van der Waals surface area contributed by atoms with Crippen LogP contribution in [-0.2, 0) is 16.5 Å². The Bertz CT molecular complexity index is 1410. The molecule has 0 spiro atoms. The van der Waals surface area contributed by atoms with Gasteiger partial charge in [-0.05, 0) is 51.4 Å². The van der Waals surface area contributed by atoms with Gasteiger partial charge >= 0.3 is 18.3 Å². The zero-order chi connectivity index (χ0) is 30.9. The topological polar surface area (TPSA) is 114 Å². The van der Waals surface area contributed by atoms with Gasteiger partial charge in [-0.1, -0.05) is 23.2 Å². The van der Waals surface area contributed by atoms with Crippen LogP contribution in [0.4, 0.5) is 26.3 Å². The van der Waals surface area contributed by atoms with Crippen LogP contribution in [0.15, 0.2) is 18.6 Å². The van der Waals surface area contributed by atoms with E-state index in [0.717, 1.165) is 12.4 Å². The maximum Gasteiger partial charge on any atom is 0.433 e. The molecule has 8 nitrogen and oxygen atoms in total. The maximum atomic E-state index is 14.5. The Morgan fingerprint density at radius 3 is 1.93 bits per heavy atom. The van der Waals surface area contributed by atoms with E-state index in [1.807, 2.05) is 0 Å². The van der Waals surface area contributed by atoms with Crippen molar-refractivity contribution in [2.75, 3.05) is 0 Å². The summed E-state index contributed by atoms with van der Waals surface area (Å²) in [7, 11) is 0. The minimum atomic E-state index is -5.12. The number of aliphatic carboxylic acids is 1. The summed E-state index contributed by atoms with van der Waals surface area (Å²) < 4.78 is 86.6. The molecule has 42 heavy (non-hydrogen) atoms. The third-order valence-corrected chi connectivity index (χ3v) is 9.81. The monoisotopic (exact) mass is 640 g/mol. The largest absolute Gasteiger partial charge is 0.481 e. The zero-order valence-corrected chi connectivity index (χ0v) is 23.2. The van der Waals surface area contributed by atoms with E-state index in [4.69, 9.17) is 23.2 Å². The van der Waals surface area contributed by atoms with Crippen molar-refractivity contribution in [2.24, 2.45) is 10.8 Å². The second-order valence-electron chi connectivity index (χ2n) is 11.4. The first-order valence-electron chi connectivity index (χ1n) is 13.1. The number of alkyl halides is 6. The summed E-state index contributed by atoms with van der Waals surface area (Å²) >= 11 is 12.0. The van der Waals surface area contributed by atoms with Crippen molar-refractivity contribution in [3.63, 3.8) is 0 Å². The normalized spacial score (nSPS) is 25.6. The molecule has 228 valence electrons. The van der Waals surface area contributed by atoms with Gasteiger partial charge in [-0.15, -0.1) is 0 Å². The van der Waals surface area contributed by atoms with Crippen LogP contribution >= 0.6 is 23.2 Å². The Balaban J connectivity index is 1.48. The summed E-state index contributed by atoms with van der Waals surface area (Å²) in [5.41, 5.74) is -7.51. The Labute approximate surface area is 244 Å². The highest BCUT2D eigenvalue weighted by Gasteiger charge is 2.68. The van der Waals surface area contributed by atoms with E-state index in [1.54, 1.807) is 0 Å². The third kappa shape index (κ3) is 4.93. The molecule has 2 heterocycles. The lowest BCUT2D eigenvalue weighted by molar-refractivity contribution is -0.194. The lowest BCUT2D eigenvalue weighted by atomic mass is 9.57. The van der Waals surface area contributed by atoms with Gasteiger partial charge in [0.15, 0.2) is 11.5 Å². The van der Waals surface area contributed by atoms with Crippen LogP contribution in [0.2, 0.25) is 10.0 Å². The third-order valence-electron chi connectivity index (χ3n) is 9.24. The molecule has 1 amide bonds. The number of carboxylic acid groups (broad SMARTS) is 1. The maximum absolute atomic E-state index is 14.5.